The first-order valence-electron chi connectivity index (χ1n) is 7.22. The molecule has 3 rings (SSSR count). The molecule has 2 aromatic carbocycles. The van der Waals surface area contributed by atoms with Gasteiger partial charge in [0, 0.05) is 10.4 Å². The number of rotatable bonds is 5. The highest BCUT2D eigenvalue weighted by molar-refractivity contribution is 9.10. The van der Waals surface area contributed by atoms with E-state index in [-0.39, 0.29) is 11.7 Å². The Hall–Kier alpha value is -1.61. The third kappa shape index (κ3) is 3.03. The molecule has 1 aliphatic carbocycles. The second kappa shape index (κ2) is 6.02. The second-order valence-electron chi connectivity index (χ2n) is 5.30. The van der Waals surface area contributed by atoms with Gasteiger partial charge in [0.15, 0.2) is 5.78 Å². The van der Waals surface area contributed by atoms with Gasteiger partial charge in [0.25, 0.3) is 0 Å². The summed E-state index contributed by atoms with van der Waals surface area (Å²) in [6, 6.07) is 15.9. The highest BCUT2D eigenvalue weighted by atomic mass is 79.9. The molecule has 108 valence electrons. The third-order valence-electron chi connectivity index (χ3n) is 3.86. The predicted molar refractivity (Wildman–Crippen MR) is 86.9 cm³/mol. The first-order chi connectivity index (χ1) is 10.2. The van der Waals surface area contributed by atoms with Crippen LogP contribution in [-0.2, 0) is 0 Å². The minimum atomic E-state index is 0.0842. The summed E-state index contributed by atoms with van der Waals surface area (Å²) in [7, 11) is 0. The normalized spacial score (nSPS) is 20.1. The van der Waals surface area contributed by atoms with Crippen molar-refractivity contribution >= 4 is 21.7 Å². The van der Waals surface area contributed by atoms with E-state index in [1.165, 1.54) is 5.56 Å². The Morgan fingerprint density at radius 1 is 1.24 bits per heavy atom. The summed E-state index contributed by atoms with van der Waals surface area (Å²) in [6.45, 7) is 2.49. The average molecular weight is 345 g/mol. The van der Waals surface area contributed by atoms with Crippen LogP contribution in [0.25, 0.3) is 0 Å². The van der Waals surface area contributed by atoms with Crippen molar-refractivity contribution in [3.8, 4) is 5.75 Å². The molecule has 3 heteroatoms. The van der Waals surface area contributed by atoms with Gasteiger partial charge in [-0.15, -0.1) is 0 Å². The lowest BCUT2D eigenvalue weighted by Gasteiger charge is -2.10. The SMILES string of the molecule is CCOc1ccc(Br)cc1C(=O)C1CC1c1ccccc1. The largest absolute Gasteiger partial charge is 0.493 e. The molecule has 2 aromatic rings. The molecule has 2 atom stereocenters. The van der Waals surface area contributed by atoms with Crippen LogP contribution in [0.4, 0.5) is 0 Å². The lowest BCUT2D eigenvalue weighted by molar-refractivity contribution is 0.0961. The number of benzene rings is 2. The first kappa shape index (κ1) is 14.3. The molecular weight excluding hydrogens is 328 g/mol. The number of halogens is 1. The third-order valence-corrected chi connectivity index (χ3v) is 4.36. The zero-order valence-corrected chi connectivity index (χ0v) is 13.5. The van der Waals surface area contributed by atoms with E-state index in [1.54, 1.807) is 0 Å². The maximum absolute atomic E-state index is 12.7. The van der Waals surface area contributed by atoms with Gasteiger partial charge >= 0.3 is 0 Å². The smallest absolute Gasteiger partial charge is 0.170 e. The fraction of sp³-hybridized carbons (Fsp3) is 0.278. The molecule has 0 bridgehead atoms. The summed E-state index contributed by atoms with van der Waals surface area (Å²) in [6.07, 6.45) is 0.931. The molecular formula is C18H17BrO2. The molecule has 0 heterocycles. The fourth-order valence-electron chi connectivity index (χ4n) is 2.73. The molecule has 2 nitrogen and oxygen atoms in total. The van der Waals surface area contributed by atoms with Crippen molar-refractivity contribution in [1.29, 1.82) is 0 Å². The molecule has 0 radical (unpaired) electrons. The Balaban J connectivity index is 1.82. The number of ether oxygens (including phenoxy) is 1. The van der Waals surface area contributed by atoms with Crippen LogP contribution in [0, 0.1) is 5.92 Å². The summed E-state index contributed by atoms with van der Waals surface area (Å²) >= 11 is 3.44. The van der Waals surface area contributed by atoms with E-state index >= 15 is 0 Å². The van der Waals surface area contributed by atoms with Crippen LogP contribution in [0.2, 0.25) is 0 Å². The van der Waals surface area contributed by atoms with Crippen LogP contribution in [0.5, 0.6) is 5.75 Å². The van der Waals surface area contributed by atoms with Crippen LogP contribution in [0.15, 0.2) is 53.0 Å². The maximum atomic E-state index is 12.7. The average Bonchev–Trinajstić information content (AvgIpc) is 3.30. The highest BCUT2D eigenvalue weighted by Gasteiger charge is 2.44. The van der Waals surface area contributed by atoms with Crippen LogP contribution in [0.1, 0.15) is 35.2 Å². The standard InChI is InChI=1S/C18H17BrO2/c1-2-21-17-9-8-13(19)10-16(17)18(20)15-11-14(15)12-6-4-3-5-7-12/h3-10,14-15H,2,11H2,1H3. The number of Topliss-reactive ketones (excluding diaryl/α,β-unsaturated/α-hetero) is 1. The van der Waals surface area contributed by atoms with E-state index in [2.05, 4.69) is 28.1 Å². The molecule has 1 aliphatic rings. The molecule has 0 amide bonds. The monoisotopic (exact) mass is 344 g/mol. The number of carbonyl (C=O) groups excluding carboxylic acids is 1. The topological polar surface area (TPSA) is 26.3 Å². The van der Waals surface area contributed by atoms with E-state index in [9.17, 15) is 4.79 Å². The van der Waals surface area contributed by atoms with Crippen molar-refractivity contribution in [2.75, 3.05) is 6.61 Å². The van der Waals surface area contributed by atoms with Gasteiger partial charge in [0.05, 0.1) is 12.2 Å². The van der Waals surface area contributed by atoms with E-state index < -0.39 is 0 Å². The van der Waals surface area contributed by atoms with Crippen LogP contribution >= 0.6 is 15.9 Å². The van der Waals surface area contributed by atoms with Crippen LogP contribution in [-0.4, -0.2) is 12.4 Å². The first-order valence-corrected chi connectivity index (χ1v) is 8.01. The maximum Gasteiger partial charge on any atom is 0.170 e. The van der Waals surface area contributed by atoms with Gasteiger partial charge in [-0.25, -0.2) is 0 Å². The van der Waals surface area contributed by atoms with Gasteiger partial charge in [-0.05, 0) is 43.0 Å². The van der Waals surface area contributed by atoms with Gasteiger partial charge < -0.3 is 4.74 Å². The van der Waals surface area contributed by atoms with Crippen molar-refractivity contribution in [2.24, 2.45) is 5.92 Å². The summed E-state index contributed by atoms with van der Waals surface area (Å²) in [5.74, 6) is 1.31. The van der Waals surface area contributed by atoms with Crippen LogP contribution in [0.3, 0.4) is 0 Å². The summed E-state index contributed by atoms with van der Waals surface area (Å²) < 4.78 is 6.50. The number of hydrogen-bond acceptors (Lipinski definition) is 2. The molecule has 21 heavy (non-hydrogen) atoms. The quantitative estimate of drug-likeness (QED) is 0.725. The molecule has 2 unspecified atom stereocenters. The molecule has 1 fully saturated rings. The van der Waals surface area contributed by atoms with Crippen molar-refractivity contribution in [3.63, 3.8) is 0 Å². The second-order valence-corrected chi connectivity index (χ2v) is 6.21. The molecule has 0 aliphatic heterocycles. The lowest BCUT2D eigenvalue weighted by Crippen LogP contribution is -2.07. The Bertz CT molecular complexity index is 652. The van der Waals surface area contributed by atoms with Crippen LogP contribution < -0.4 is 4.74 Å². The van der Waals surface area contributed by atoms with Gasteiger partial charge in [0.1, 0.15) is 5.75 Å². The highest BCUT2D eigenvalue weighted by Crippen LogP contribution is 2.50. The Labute approximate surface area is 133 Å². The van der Waals surface area contributed by atoms with Gasteiger partial charge in [0.2, 0.25) is 0 Å². The van der Waals surface area contributed by atoms with Crippen molar-refractivity contribution in [3.05, 3.63) is 64.1 Å². The number of ketones is 1. The Kier molecular flexibility index (Phi) is 4.11. The van der Waals surface area contributed by atoms with Gasteiger partial charge in [-0.1, -0.05) is 46.3 Å². The minimum Gasteiger partial charge on any atom is -0.493 e. The summed E-state index contributed by atoms with van der Waals surface area (Å²) in [5, 5.41) is 0. The van der Waals surface area contributed by atoms with E-state index in [0.717, 1.165) is 10.9 Å². The molecule has 1 saturated carbocycles. The summed E-state index contributed by atoms with van der Waals surface area (Å²) in [5.41, 5.74) is 1.94. The molecule has 0 spiro atoms. The van der Waals surface area contributed by atoms with Crippen molar-refractivity contribution < 1.29 is 9.53 Å². The Morgan fingerprint density at radius 3 is 2.71 bits per heavy atom. The Morgan fingerprint density at radius 2 is 2.00 bits per heavy atom. The molecule has 0 saturated heterocycles. The van der Waals surface area contributed by atoms with E-state index in [0.29, 0.717) is 23.8 Å². The molecule has 0 aromatic heterocycles. The summed E-state index contributed by atoms with van der Waals surface area (Å²) in [4.78, 5) is 12.7. The fourth-order valence-corrected chi connectivity index (χ4v) is 3.09. The minimum absolute atomic E-state index is 0.0842. The number of carbonyl (C=O) groups is 1. The lowest BCUT2D eigenvalue weighted by atomic mass is 10.0. The van der Waals surface area contributed by atoms with E-state index in [4.69, 9.17) is 4.74 Å². The van der Waals surface area contributed by atoms with Crippen molar-refractivity contribution in [1.82, 2.24) is 0 Å². The van der Waals surface area contributed by atoms with Gasteiger partial charge in [-0.3, -0.25) is 4.79 Å². The van der Waals surface area contributed by atoms with E-state index in [1.807, 2.05) is 43.3 Å². The molecule has 0 N–H and O–H groups in total. The zero-order chi connectivity index (χ0) is 14.8. The van der Waals surface area contributed by atoms with Gasteiger partial charge in [-0.2, -0.15) is 0 Å². The number of hydrogen-bond donors (Lipinski definition) is 0. The predicted octanol–water partition coefficient (Wildman–Crippen LogP) is 4.83. The zero-order valence-electron chi connectivity index (χ0n) is 11.9. The van der Waals surface area contributed by atoms with Crippen molar-refractivity contribution in [2.45, 2.75) is 19.3 Å².